The molecule has 0 fully saturated rings. The van der Waals surface area contributed by atoms with E-state index >= 15 is 0 Å². The van der Waals surface area contributed by atoms with Crippen LogP contribution in [-0.2, 0) is 0 Å². The van der Waals surface area contributed by atoms with Crippen molar-refractivity contribution in [3.8, 4) is 11.1 Å². The first-order valence-electron chi connectivity index (χ1n) is 7.58. The Labute approximate surface area is 135 Å². The van der Waals surface area contributed by atoms with Crippen LogP contribution in [0.25, 0.3) is 11.1 Å². The van der Waals surface area contributed by atoms with Crippen LogP contribution in [-0.4, -0.2) is 21.6 Å². The van der Waals surface area contributed by atoms with E-state index in [0.717, 1.165) is 22.6 Å². The Morgan fingerprint density at radius 1 is 0.957 bits per heavy atom. The van der Waals surface area contributed by atoms with E-state index in [9.17, 15) is 5.11 Å². The number of hydrogen-bond donors (Lipinski definition) is 2. The zero-order valence-electron chi connectivity index (χ0n) is 13.0. The summed E-state index contributed by atoms with van der Waals surface area (Å²) >= 11 is 0. The largest absolute Gasteiger partial charge is 0.387 e. The highest BCUT2D eigenvalue weighted by Crippen LogP contribution is 2.22. The summed E-state index contributed by atoms with van der Waals surface area (Å²) in [7, 11) is 0. The Hall–Kier alpha value is -2.72. The van der Waals surface area contributed by atoms with Crippen LogP contribution in [0.4, 0.5) is 5.82 Å². The van der Waals surface area contributed by atoms with Gasteiger partial charge in [0.15, 0.2) is 0 Å². The van der Waals surface area contributed by atoms with Gasteiger partial charge in [0.05, 0.1) is 6.10 Å². The molecule has 3 aromatic rings. The van der Waals surface area contributed by atoms with Crippen LogP contribution in [0.1, 0.15) is 17.4 Å². The molecule has 0 radical (unpaired) electrons. The molecule has 1 heterocycles. The highest BCUT2D eigenvalue weighted by molar-refractivity contribution is 5.63. The van der Waals surface area contributed by atoms with Crippen LogP contribution < -0.4 is 5.32 Å². The molecule has 4 nitrogen and oxygen atoms in total. The molecule has 0 spiro atoms. The Balaban J connectivity index is 1.65. The lowest BCUT2D eigenvalue weighted by atomic mass is 10.0. The Morgan fingerprint density at radius 3 is 2.35 bits per heavy atom. The van der Waals surface area contributed by atoms with E-state index in [2.05, 4.69) is 27.4 Å². The fourth-order valence-corrected chi connectivity index (χ4v) is 2.40. The number of aliphatic hydroxyl groups excluding tert-OH is 1. The summed E-state index contributed by atoms with van der Waals surface area (Å²) in [4.78, 5) is 8.18. The zero-order valence-corrected chi connectivity index (χ0v) is 13.0. The molecule has 23 heavy (non-hydrogen) atoms. The smallest absolute Gasteiger partial charge is 0.129 e. The van der Waals surface area contributed by atoms with Crippen molar-refractivity contribution < 1.29 is 5.11 Å². The summed E-state index contributed by atoms with van der Waals surface area (Å²) in [5.74, 6) is 0.720. The monoisotopic (exact) mass is 305 g/mol. The van der Waals surface area contributed by atoms with E-state index in [-0.39, 0.29) is 0 Å². The van der Waals surface area contributed by atoms with Crippen molar-refractivity contribution in [3.63, 3.8) is 0 Å². The minimum absolute atomic E-state index is 0.404. The Kier molecular flexibility index (Phi) is 4.64. The van der Waals surface area contributed by atoms with Gasteiger partial charge in [0, 0.05) is 18.3 Å². The molecule has 0 aliphatic rings. The normalized spacial score (nSPS) is 11.9. The summed E-state index contributed by atoms with van der Waals surface area (Å²) in [6.45, 7) is 2.31. The molecule has 1 aromatic heterocycles. The molecule has 4 heteroatoms. The third kappa shape index (κ3) is 3.93. The summed E-state index contributed by atoms with van der Waals surface area (Å²) in [6, 6.07) is 20.0. The average Bonchev–Trinajstić information content (AvgIpc) is 2.61. The number of aliphatic hydroxyl groups is 1. The van der Waals surface area contributed by atoms with Crippen LogP contribution in [0.2, 0.25) is 0 Å². The zero-order chi connectivity index (χ0) is 16.1. The molecule has 2 N–H and O–H groups in total. The summed E-state index contributed by atoms with van der Waals surface area (Å²) in [5, 5.41) is 13.4. The van der Waals surface area contributed by atoms with Gasteiger partial charge < -0.3 is 10.4 Å². The molecule has 0 bridgehead atoms. The quantitative estimate of drug-likeness (QED) is 0.756. The number of aromatic nitrogens is 2. The van der Waals surface area contributed by atoms with Gasteiger partial charge in [-0.25, -0.2) is 9.97 Å². The van der Waals surface area contributed by atoms with Crippen LogP contribution in [0.5, 0.6) is 0 Å². The number of hydrogen-bond acceptors (Lipinski definition) is 4. The van der Waals surface area contributed by atoms with Crippen molar-refractivity contribution in [2.75, 3.05) is 11.9 Å². The van der Waals surface area contributed by atoms with Crippen LogP contribution >= 0.6 is 0 Å². The Morgan fingerprint density at radius 2 is 1.65 bits per heavy atom. The second-order valence-electron chi connectivity index (χ2n) is 5.43. The molecule has 0 saturated carbocycles. The first-order valence-corrected chi connectivity index (χ1v) is 7.58. The van der Waals surface area contributed by atoms with E-state index in [1.165, 1.54) is 11.9 Å². The maximum absolute atomic E-state index is 10.3. The van der Waals surface area contributed by atoms with E-state index in [4.69, 9.17) is 0 Å². The van der Waals surface area contributed by atoms with Crippen molar-refractivity contribution in [1.29, 1.82) is 0 Å². The topological polar surface area (TPSA) is 58.0 Å². The van der Waals surface area contributed by atoms with Gasteiger partial charge in [-0.2, -0.15) is 0 Å². The van der Waals surface area contributed by atoms with Gasteiger partial charge in [-0.3, -0.25) is 0 Å². The van der Waals surface area contributed by atoms with Crippen molar-refractivity contribution in [2.24, 2.45) is 0 Å². The molecule has 0 amide bonds. The van der Waals surface area contributed by atoms with Gasteiger partial charge in [-0.1, -0.05) is 54.6 Å². The molecule has 0 aliphatic heterocycles. The number of benzene rings is 2. The van der Waals surface area contributed by atoms with Gasteiger partial charge in [0.2, 0.25) is 0 Å². The first-order chi connectivity index (χ1) is 11.2. The van der Waals surface area contributed by atoms with Crippen molar-refractivity contribution in [2.45, 2.75) is 13.0 Å². The number of rotatable bonds is 5. The molecule has 2 aromatic carbocycles. The molecular formula is C19H19N3O. The fourth-order valence-electron chi connectivity index (χ4n) is 2.40. The van der Waals surface area contributed by atoms with Gasteiger partial charge >= 0.3 is 0 Å². The second kappa shape index (κ2) is 7.03. The van der Waals surface area contributed by atoms with Crippen LogP contribution in [0.3, 0.4) is 0 Å². The summed E-state index contributed by atoms with van der Waals surface area (Å²) < 4.78 is 0. The molecule has 1 unspecified atom stereocenters. The number of aryl methyl sites for hydroxylation is 1. The van der Waals surface area contributed by atoms with Crippen molar-refractivity contribution >= 4 is 5.82 Å². The molecule has 0 saturated heterocycles. The fraction of sp³-hybridized carbons (Fsp3) is 0.158. The molecular weight excluding hydrogens is 286 g/mol. The lowest BCUT2D eigenvalue weighted by Crippen LogP contribution is -2.13. The van der Waals surface area contributed by atoms with E-state index in [1.54, 1.807) is 0 Å². The average molecular weight is 305 g/mol. The summed E-state index contributed by atoms with van der Waals surface area (Å²) in [6.07, 6.45) is 0.925. The first kappa shape index (κ1) is 15.2. The third-order valence-electron chi connectivity index (χ3n) is 3.68. The lowest BCUT2D eigenvalue weighted by Gasteiger charge is -2.13. The molecule has 3 rings (SSSR count). The van der Waals surface area contributed by atoms with Gasteiger partial charge in [-0.15, -0.1) is 0 Å². The highest BCUT2D eigenvalue weighted by atomic mass is 16.3. The van der Waals surface area contributed by atoms with Gasteiger partial charge in [-0.05, 0) is 23.6 Å². The van der Waals surface area contributed by atoms with E-state index < -0.39 is 6.10 Å². The number of nitrogens with zero attached hydrogens (tertiary/aromatic N) is 2. The highest BCUT2D eigenvalue weighted by Gasteiger charge is 2.08. The van der Waals surface area contributed by atoms with E-state index in [1.807, 2.05) is 55.5 Å². The van der Waals surface area contributed by atoms with Crippen molar-refractivity contribution in [3.05, 3.63) is 78.2 Å². The predicted octanol–water partition coefficient (Wildman–Crippen LogP) is 3.60. The van der Waals surface area contributed by atoms with E-state index in [0.29, 0.717) is 6.54 Å². The van der Waals surface area contributed by atoms with Crippen molar-refractivity contribution in [1.82, 2.24) is 9.97 Å². The maximum atomic E-state index is 10.3. The number of anilines is 1. The lowest BCUT2D eigenvalue weighted by molar-refractivity contribution is 0.191. The summed E-state index contributed by atoms with van der Waals surface area (Å²) in [5.41, 5.74) is 4.08. The van der Waals surface area contributed by atoms with Crippen LogP contribution in [0, 0.1) is 6.92 Å². The molecule has 116 valence electrons. The Bertz CT molecular complexity index is 757. The SMILES string of the molecule is Cc1cc(NCC(O)c2ccc(-c3ccccc3)cc2)ncn1. The second-order valence-corrected chi connectivity index (χ2v) is 5.43. The van der Waals surface area contributed by atoms with Gasteiger partial charge in [0.25, 0.3) is 0 Å². The van der Waals surface area contributed by atoms with Gasteiger partial charge in [0.1, 0.15) is 12.1 Å². The number of nitrogens with one attached hydrogen (secondary N) is 1. The minimum Gasteiger partial charge on any atom is -0.387 e. The maximum Gasteiger partial charge on any atom is 0.129 e. The molecule has 1 atom stereocenters. The third-order valence-corrected chi connectivity index (χ3v) is 3.68. The van der Waals surface area contributed by atoms with Crippen LogP contribution in [0.15, 0.2) is 67.0 Å². The molecule has 0 aliphatic carbocycles. The standard InChI is InChI=1S/C19H19N3O/c1-14-11-19(22-13-21-14)20-12-18(23)17-9-7-16(8-10-17)15-5-3-2-4-6-15/h2-11,13,18,23H,12H2,1H3,(H,20,21,22). The minimum atomic E-state index is -0.588. The predicted molar refractivity (Wildman–Crippen MR) is 92.1 cm³/mol.